The van der Waals surface area contributed by atoms with Gasteiger partial charge in [0.25, 0.3) is 5.91 Å². The van der Waals surface area contributed by atoms with Gasteiger partial charge < -0.3 is 29.8 Å². The second kappa shape index (κ2) is 17.1. The van der Waals surface area contributed by atoms with Gasteiger partial charge in [-0.1, -0.05) is 38.6 Å². The molecule has 3 aromatic rings. The highest BCUT2D eigenvalue weighted by Crippen LogP contribution is 2.40. The number of nitrogens with zero attached hydrogens (tertiary/aromatic N) is 3. The van der Waals surface area contributed by atoms with Crippen LogP contribution in [0.3, 0.4) is 0 Å². The lowest BCUT2D eigenvalue weighted by molar-refractivity contribution is -0.155. The number of hydrogen-bond acceptors (Lipinski definition) is 9. The number of hydrazine groups is 1. The number of carbonyl (C=O) groups is 4. The molecule has 0 aliphatic carbocycles. The number of nitrogens with one attached hydrogen (secondary N) is 3. The van der Waals surface area contributed by atoms with E-state index in [-0.39, 0.29) is 37.2 Å². The van der Waals surface area contributed by atoms with Crippen LogP contribution in [0.2, 0.25) is 0 Å². The lowest BCUT2D eigenvalue weighted by Crippen LogP contribution is -2.61. The number of carbonyl (C=O) groups excluding carboxylic acids is 4. The first-order valence-corrected chi connectivity index (χ1v) is 19.9. The van der Waals surface area contributed by atoms with Gasteiger partial charge in [-0.2, -0.15) is 0 Å². The van der Waals surface area contributed by atoms with Crippen LogP contribution in [-0.2, 0) is 48.0 Å². The number of esters is 1. The van der Waals surface area contributed by atoms with Crippen molar-refractivity contribution in [1.29, 1.82) is 0 Å². The maximum atomic E-state index is 14.3. The molecule has 0 spiro atoms. The number of aromatic nitrogens is 1. The Labute approximate surface area is 334 Å². The fraction of sp³-hybridized carbons (Fsp3) is 0.477. The fourth-order valence-corrected chi connectivity index (χ4v) is 8.37. The molecule has 6 rings (SSSR count). The Morgan fingerprint density at radius 3 is 2.61 bits per heavy atom. The van der Waals surface area contributed by atoms with E-state index >= 15 is 0 Å². The molecule has 13 heteroatoms. The standard InChI is InChI=1S/C44H56N6O7/c1-9-31(39(45-10-2)26(5)56-8)40-34-23-44(6,7)24-57-43(55)35-13-12-16-50(48-35)42(54)36(47-41(53)32-22-38(52)46-25(32)4)19-27-17-29(20-30(51)18-27)28-14-15-37(33(34)21-28)49(40)11-3/h9-10,14-15,17-18,20-21,25-26,32,35-36,48,51H,1,11-13,16,19,22-24H2,2-8H3,(H,46,52)(H,47,53)/b39-31+,45-10-/t25-,26+,32+,35+,36+/m1/s1. The van der Waals surface area contributed by atoms with Gasteiger partial charge in [-0.15, -0.1) is 0 Å². The largest absolute Gasteiger partial charge is 0.508 e. The summed E-state index contributed by atoms with van der Waals surface area (Å²) in [5, 5.41) is 19.2. The molecule has 4 N–H and O–H groups in total. The number of methoxy groups -OCH3 is 1. The number of allylic oxidation sites excluding steroid dienone is 2. The van der Waals surface area contributed by atoms with Crippen LogP contribution in [0, 0.1) is 11.3 Å². The Hall–Kier alpha value is -5.27. The number of hydrogen-bond donors (Lipinski definition) is 4. The highest BCUT2D eigenvalue weighted by molar-refractivity contribution is 5.96. The van der Waals surface area contributed by atoms with Crippen LogP contribution in [-0.4, -0.2) is 89.1 Å². The van der Waals surface area contributed by atoms with Crippen LogP contribution < -0.4 is 16.1 Å². The highest BCUT2D eigenvalue weighted by atomic mass is 16.5. The summed E-state index contributed by atoms with van der Waals surface area (Å²) in [7, 11) is 1.65. The van der Waals surface area contributed by atoms with Gasteiger partial charge in [0.05, 0.1) is 30.0 Å². The summed E-state index contributed by atoms with van der Waals surface area (Å²) in [5.74, 6) is -2.20. The smallest absolute Gasteiger partial charge is 0.324 e. The van der Waals surface area contributed by atoms with E-state index in [0.717, 1.165) is 44.6 Å². The lowest BCUT2D eigenvalue weighted by Gasteiger charge is -2.36. The molecule has 3 aliphatic rings. The molecule has 6 bridgehead atoms. The number of benzene rings is 2. The molecule has 2 fully saturated rings. The Morgan fingerprint density at radius 1 is 1.18 bits per heavy atom. The van der Waals surface area contributed by atoms with Crippen molar-refractivity contribution in [2.75, 3.05) is 20.3 Å². The van der Waals surface area contributed by atoms with Crippen molar-refractivity contribution in [3.8, 4) is 16.9 Å². The quantitative estimate of drug-likeness (QED) is 0.137. The second-order valence-corrected chi connectivity index (χ2v) is 16.2. The molecule has 3 aliphatic heterocycles. The number of phenols is 1. The zero-order chi connectivity index (χ0) is 41.2. The Kier molecular flexibility index (Phi) is 12.4. The van der Waals surface area contributed by atoms with E-state index in [1.807, 2.05) is 32.1 Å². The number of rotatable bonds is 8. The first-order chi connectivity index (χ1) is 27.2. The molecule has 0 saturated carbocycles. The maximum absolute atomic E-state index is 14.3. The van der Waals surface area contributed by atoms with Gasteiger partial charge in [0.2, 0.25) is 11.8 Å². The first-order valence-electron chi connectivity index (χ1n) is 19.9. The van der Waals surface area contributed by atoms with Crippen molar-refractivity contribution < 1.29 is 33.8 Å². The van der Waals surface area contributed by atoms with Gasteiger partial charge in [-0.05, 0) is 93.5 Å². The van der Waals surface area contributed by atoms with E-state index in [2.05, 4.69) is 60.1 Å². The molecule has 2 saturated heterocycles. The van der Waals surface area contributed by atoms with Crippen LogP contribution in [0.4, 0.5) is 0 Å². The fourth-order valence-electron chi connectivity index (χ4n) is 8.37. The van der Waals surface area contributed by atoms with E-state index in [1.54, 1.807) is 32.4 Å². The van der Waals surface area contributed by atoms with Gasteiger partial charge in [0.15, 0.2) is 0 Å². The topological polar surface area (TPSA) is 164 Å². The molecule has 1 aromatic heterocycles. The summed E-state index contributed by atoms with van der Waals surface area (Å²) in [5.41, 5.74) is 9.28. The van der Waals surface area contributed by atoms with Crippen LogP contribution in [0.15, 0.2) is 59.7 Å². The summed E-state index contributed by atoms with van der Waals surface area (Å²) in [4.78, 5) is 58.6. The molecule has 2 aromatic carbocycles. The summed E-state index contributed by atoms with van der Waals surface area (Å²) in [6.07, 6.45) is 4.84. The minimum Gasteiger partial charge on any atom is -0.508 e. The minimum atomic E-state index is -1.07. The third-order valence-corrected chi connectivity index (χ3v) is 11.3. The van der Waals surface area contributed by atoms with Crippen molar-refractivity contribution >= 4 is 46.4 Å². The number of phenolic OH excluding ortho intramolecular Hbond substituents is 1. The van der Waals surface area contributed by atoms with E-state index in [9.17, 15) is 24.3 Å². The van der Waals surface area contributed by atoms with Crippen molar-refractivity contribution in [3.05, 3.63) is 71.6 Å². The minimum absolute atomic E-state index is 0.00770. The number of ether oxygens (including phenoxy) is 2. The summed E-state index contributed by atoms with van der Waals surface area (Å²) in [6.45, 7) is 17.1. The van der Waals surface area contributed by atoms with Gasteiger partial charge in [-0.3, -0.25) is 29.2 Å². The number of aromatic hydroxyl groups is 1. The van der Waals surface area contributed by atoms with Gasteiger partial charge in [0, 0.05) is 67.2 Å². The molecule has 3 amide bonds. The molecule has 0 unspecified atom stereocenters. The van der Waals surface area contributed by atoms with Gasteiger partial charge >= 0.3 is 5.97 Å². The van der Waals surface area contributed by atoms with Crippen molar-refractivity contribution in [3.63, 3.8) is 0 Å². The maximum Gasteiger partial charge on any atom is 0.324 e. The third kappa shape index (κ3) is 8.69. The third-order valence-electron chi connectivity index (χ3n) is 11.3. The number of aryl methyl sites for hydroxylation is 1. The van der Waals surface area contributed by atoms with Crippen molar-refractivity contribution in [1.82, 2.24) is 25.6 Å². The van der Waals surface area contributed by atoms with Gasteiger partial charge in [-0.25, -0.2) is 5.43 Å². The van der Waals surface area contributed by atoms with Crippen LogP contribution in [0.1, 0.15) is 77.6 Å². The number of cyclic esters (lactones) is 1. The number of amides is 3. The van der Waals surface area contributed by atoms with Crippen LogP contribution in [0.5, 0.6) is 5.75 Å². The molecule has 0 radical (unpaired) electrons. The van der Waals surface area contributed by atoms with Crippen molar-refractivity contribution in [2.24, 2.45) is 16.3 Å². The Bertz CT molecular complexity index is 2130. The predicted molar refractivity (Wildman–Crippen MR) is 220 cm³/mol. The van der Waals surface area contributed by atoms with E-state index in [1.165, 1.54) is 5.01 Å². The molecule has 4 heterocycles. The molecular formula is C44H56N6O7. The molecule has 304 valence electrons. The molecular weight excluding hydrogens is 725 g/mol. The van der Waals surface area contributed by atoms with Crippen LogP contribution >= 0.6 is 0 Å². The molecule has 13 nitrogen and oxygen atoms in total. The summed E-state index contributed by atoms with van der Waals surface area (Å²) >= 11 is 0. The average Bonchev–Trinajstić information content (AvgIpc) is 3.69. The predicted octanol–water partition coefficient (Wildman–Crippen LogP) is 5.23. The average molecular weight is 781 g/mol. The number of aliphatic imine (C=N–C) groups is 1. The lowest BCUT2D eigenvalue weighted by atomic mass is 9.84. The SMILES string of the molecule is C=C/C(=C(\N=C/C)[C@H](C)OC)c1c2c3cc(ccc3n1CC)-c1cc(O)cc(c1)C[C@H](NC(=O)[C@H]1CC(=O)N[C@@H]1C)C(=O)N1CCC[C@H](N1)C(=O)OCC(C)(C)C2. The summed E-state index contributed by atoms with van der Waals surface area (Å²) in [6, 6.07) is 9.17. The zero-order valence-electron chi connectivity index (χ0n) is 34.1. The van der Waals surface area contributed by atoms with Crippen LogP contribution in [0.25, 0.3) is 27.6 Å². The molecule has 57 heavy (non-hydrogen) atoms. The second-order valence-electron chi connectivity index (χ2n) is 16.2. The van der Waals surface area contributed by atoms with E-state index in [4.69, 9.17) is 14.5 Å². The highest BCUT2D eigenvalue weighted by Gasteiger charge is 2.39. The Morgan fingerprint density at radius 2 is 1.95 bits per heavy atom. The Balaban J connectivity index is 1.54. The normalized spacial score (nSPS) is 23.8. The monoisotopic (exact) mass is 780 g/mol. The number of fused-ring (bicyclic) bond motifs is 6. The molecule has 5 atom stereocenters. The summed E-state index contributed by atoms with van der Waals surface area (Å²) < 4.78 is 14.1. The van der Waals surface area contributed by atoms with E-state index in [0.29, 0.717) is 37.9 Å². The van der Waals surface area contributed by atoms with Crippen molar-refractivity contribution in [2.45, 2.75) is 104 Å². The van der Waals surface area contributed by atoms with Gasteiger partial charge in [0.1, 0.15) is 17.8 Å². The zero-order valence-corrected chi connectivity index (χ0v) is 34.1. The van der Waals surface area contributed by atoms with E-state index < -0.39 is 47.2 Å². The first kappa shape index (κ1) is 41.4.